The molecule has 346 valence electrons. The van der Waals surface area contributed by atoms with Crippen LogP contribution in [0.1, 0.15) is 142 Å². The molecule has 0 aromatic heterocycles. The Labute approximate surface area is 380 Å². The van der Waals surface area contributed by atoms with E-state index in [1.807, 2.05) is 46.8 Å². The number of nitrogens with zero attached hydrogens (tertiary/aromatic N) is 3. The van der Waals surface area contributed by atoms with Crippen molar-refractivity contribution < 1.29 is 18.3 Å². The lowest BCUT2D eigenvalue weighted by molar-refractivity contribution is -0.172. The molecule has 1 heterocycles. The third kappa shape index (κ3) is 10.8. The zero-order valence-corrected chi connectivity index (χ0v) is 41.0. The molecule has 6 aliphatic rings. The van der Waals surface area contributed by atoms with Gasteiger partial charge in [-0.25, -0.2) is 4.79 Å². The van der Waals surface area contributed by atoms with Gasteiger partial charge in [0.15, 0.2) is 0 Å². The number of hydrogen-bond donors (Lipinski definition) is 2. The van der Waals surface area contributed by atoms with Gasteiger partial charge in [-0.05, 0) is 134 Å². The van der Waals surface area contributed by atoms with Crippen LogP contribution in [0.15, 0.2) is 43.0 Å². The molecule has 2 N–H and O–H groups in total. The van der Waals surface area contributed by atoms with Crippen LogP contribution in [0.3, 0.4) is 0 Å². The van der Waals surface area contributed by atoms with Gasteiger partial charge in [-0.1, -0.05) is 86.1 Å². The minimum atomic E-state index is -3.35. The van der Waals surface area contributed by atoms with Crippen molar-refractivity contribution in [2.45, 2.75) is 132 Å². The number of carboxylic acid groups (broad SMARTS) is 1. The van der Waals surface area contributed by atoms with Crippen molar-refractivity contribution >= 4 is 21.8 Å². The second-order valence-corrected chi connectivity index (χ2v) is 20.7. The van der Waals surface area contributed by atoms with Gasteiger partial charge in [-0.3, -0.25) is 4.90 Å². The number of piperazine rings is 1. The minimum Gasteiger partial charge on any atom is -0.478 e. The second-order valence-electron chi connectivity index (χ2n) is 18.8. The Morgan fingerprint density at radius 1 is 0.839 bits per heavy atom. The highest BCUT2D eigenvalue weighted by atomic mass is 32.2. The molecular weight excluding hydrogens is 789 g/mol. The molecule has 0 radical (unpaired) electrons. The topological polar surface area (TPSA) is 93.2 Å². The van der Waals surface area contributed by atoms with Crippen LogP contribution in [0.25, 0.3) is 5.57 Å². The van der Waals surface area contributed by atoms with Gasteiger partial charge < -0.3 is 10.4 Å². The van der Waals surface area contributed by atoms with Gasteiger partial charge in [0, 0.05) is 57.9 Å². The largest absolute Gasteiger partial charge is 0.478 e. The van der Waals surface area contributed by atoms with Crippen LogP contribution in [0.2, 0.25) is 0 Å². The van der Waals surface area contributed by atoms with Gasteiger partial charge in [0.05, 0.1) is 5.56 Å². The standard InChI is InChI=1S/C42H66N4O4S.C3H6.C2H6.3C2H2/c1-7-45(8-2)51(49,50)46-28-26-44(27-29-46)25-24-43-42-20-9-10-35(42)32-15-16-37-40(5,34(32)18-23-42)22-19-36-39(3,4)33(17-21-41(36,37)6)30-11-13-31(14-12-30)38(47)48;1-3-2;4*1-2/h11-14,17,32,34-37,43H,7-10,15-16,18-29H2,1-6H3,(H,47,48);3H,1H2,2H3;1-2H3;3*1-2H/t32-,34?,35?,36?,37?,40-,41-,42-;;;;;/m0...../s1. The van der Waals surface area contributed by atoms with Crippen molar-refractivity contribution in [3.8, 4) is 38.5 Å². The van der Waals surface area contributed by atoms with E-state index < -0.39 is 16.2 Å². The molecule has 0 bridgehead atoms. The summed E-state index contributed by atoms with van der Waals surface area (Å²) in [6, 6.07) is 7.60. The third-order valence-corrected chi connectivity index (χ3v) is 18.3. The van der Waals surface area contributed by atoms with E-state index in [-0.39, 0.29) is 16.4 Å². The molecule has 1 aliphatic heterocycles. The summed E-state index contributed by atoms with van der Waals surface area (Å²) < 4.78 is 29.3. The summed E-state index contributed by atoms with van der Waals surface area (Å²) in [6.45, 7) is 29.2. The van der Waals surface area contributed by atoms with E-state index in [0.717, 1.165) is 56.3 Å². The van der Waals surface area contributed by atoms with Crippen LogP contribution in [0.5, 0.6) is 0 Å². The Kier molecular flexibility index (Phi) is 21.3. The zero-order valence-electron chi connectivity index (χ0n) is 40.2. The summed E-state index contributed by atoms with van der Waals surface area (Å²) in [5, 5.41) is 13.7. The molecule has 5 fully saturated rings. The van der Waals surface area contributed by atoms with Gasteiger partial charge in [-0.15, -0.1) is 45.1 Å². The first kappa shape index (κ1) is 54.8. The van der Waals surface area contributed by atoms with Crippen LogP contribution in [0.4, 0.5) is 0 Å². The van der Waals surface area contributed by atoms with E-state index in [4.69, 9.17) is 0 Å². The number of carbonyl (C=O) groups is 1. The predicted molar refractivity (Wildman–Crippen MR) is 262 cm³/mol. The number of allylic oxidation sites excluding steroid dienone is 3. The van der Waals surface area contributed by atoms with Crippen LogP contribution < -0.4 is 5.32 Å². The Hall–Kier alpha value is -3.36. The molecule has 4 saturated carbocycles. The van der Waals surface area contributed by atoms with Crippen molar-refractivity contribution in [2.24, 2.45) is 45.8 Å². The molecule has 1 aromatic carbocycles. The lowest BCUT2D eigenvalue weighted by Crippen LogP contribution is -2.64. The van der Waals surface area contributed by atoms with Crippen LogP contribution in [-0.2, 0) is 10.2 Å². The molecule has 8 nitrogen and oxygen atoms in total. The van der Waals surface area contributed by atoms with Crippen LogP contribution in [0, 0.1) is 84.4 Å². The Morgan fingerprint density at radius 3 is 1.97 bits per heavy atom. The van der Waals surface area contributed by atoms with Crippen molar-refractivity contribution in [3.05, 3.63) is 54.1 Å². The number of hydrogen-bond acceptors (Lipinski definition) is 5. The van der Waals surface area contributed by atoms with Crippen molar-refractivity contribution in [3.63, 3.8) is 0 Å². The Balaban J connectivity index is 0.00000111. The minimum absolute atomic E-state index is 0.0409. The van der Waals surface area contributed by atoms with Gasteiger partial charge >= 0.3 is 5.97 Å². The summed E-state index contributed by atoms with van der Waals surface area (Å²) in [4.78, 5) is 14.0. The fourth-order valence-corrected chi connectivity index (χ4v) is 15.4. The van der Waals surface area contributed by atoms with Crippen molar-refractivity contribution in [1.29, 1.82) is 0 Å². The van der Waals surface area contributed by atoms with Crippen LogP contribution >= 0.6 is 0 Å². The molecule has 9 heteroatoms. The summed E-state index contributed by atoms with van der Waals surface area (Å²) in [5.74, 6) is 2.90. The smallest absolute Gasteiger partial charge is 0.335 e. The van der Waals surface area contributed by atoms with Gasteiger partial charge in [0.25, 0.3) is 10.2 Å². The van der Waals surface area contributed by atoms with Crippen molar-refractivity contribution in [1.82, 2.24) is 18.8 Å². The maximum atomic E-state index is 13.0. The summed E-state index contributed by atoms with van der Waals surface area (Å²) in [7, 11) is -3.35. The molecule has 0 spiro atoms. The molecule has 62 heavy (non-hydrogen) atoms. The quantitative estimate of drug-likeness (QED) is 0.180. The van der Waals surface area contributed by atoms with E-state index in [1.54, 1.807) is 26.8 Å². The van der Waals surface area contributed by atoms with E-state index in [2.05, 4.69) is 89.1 Å². The lowest BCUT2D eigenvalue weighted by atomic mass is 9.37. The third-order valence-electron chi connectivity index (χ3n) is 16.1. The first-order valence-corrected chi connectivity index (χ1v) is 24.9. The molecule has 4 unspecified atom stereocenters. The normalized spacial score (nSPS) is 31.9. The second kappa shape index (κ2) is 24.1. The number of aromatic carboxylic acids is 1. The van der Waals surface area contributed by atoms with Crippen molar-refractivity contribution in [2.75, 3.05) is 52.4 Å². The first-order valence-electron chi connectivity index (χ1n) is 23.5. The van der Waals surface area contributed by atoms with Gasteiger partial charge in [0.1, 0.15) is 0 Å². The molecule has 8 atom stereocenters. The summed E-state index contributed by atoms with van der Waals surface area (Å²) >= 11 is 0. The monoisotopic (exact) mass is 873 g/mol. The SMILES string of the molecule is C#C.C#C.C#C.C=CC.CC.CCN(CC)S(=O)(=O)N1CCN(CCN[C@]23CCCC2[C@H]2CCC4[C@@](C)(CCC5C(C)(C)C(c6ccc(C(=O)O)cc6)=CC[C@@]54C)C2CC3)CC1. The Morgan fingerprint density at radius 2 is 1.42 bits per heavy atom. The average molecular weight is 873 g/mol. The van der Waals surface area contributed by atoms with Crippen LogP contribution in [-0.4, -0.2) is 90.9 Å². The molecule has 1 aromatic rings. The number of rotatable bonds is 10. The van der Waals surface area contributed by atoms with Gasteiger partial charge in [0.2, 0.25) is 0 Å². The number of fused-ring (bicyclic) bond motifs is 7. The fraction of sp³-hybridized carbons (Fsp3) is 0.679. The van der Waals surface area contributed by atoms with E-state index in [1.165, 1.54) is 68.9 Å². The van der Waals surface area contributed by atoms with E-state index in [9.17, 15) is 18.3 Å². The Bertz CT molecular complexity index is 1760. The molecule has 0 amide bonds. The molecule has 5 aliphatic carbocycles. The molecule has 1 saturated heterocycles. The number of terminal acetylenes is 3. The lowest BCUT2D eigenvalue weighted by Gasteiger charge is -2.68. The first-order chi connectivity index (χ1) is 29.6. The average Bonchev–Trinajstić information content (AvgIpc) is 3.72. The maximum Gasteiger partial charge on any atom is 0.335 e. The summed E-state index contributed by atoms with van der Waals surface area (Å²) in [6.07, 6.45) is 41.4. The van der Waals surface area contributed by atoms with E-state index >= 15 is 0 Å². The number of benzene rings is 1. The zero-order chi connectivity index (χ0) is 47.1. The highest BCUT2D eigenvalue weighted by molar-refractivity contribution is 7.86. The predicted octanol–water partition coefficient (Wildman–Crippen LogP) is 10.4. The molecular formula is C53H84N4O4S. The number of nitrogens with one attached hydrogen (secondary N) is 1. The fourth-order valence-electron chi connectivity index (χ4n) is 13.8. The molecule has 7 rings (SSSR count). The van der Waals surface area contributed by atoms with E-state index in [0.29, 0.717) is 43.1 Å². The highest BCUT2D eigenvalue weighted by Gasteiger charge is 2.65. The number of carboxylic acids is 1. The summed E-state index contributed by atoms with van der Waals surface area (Å²) in [5.41, 5.74) is 3.94. The highest BCUT2D eigenvalue weighted by Crippen LogP contribution is 2.72. The van der Waals surface area contributed by atoms with Gasteiger partial charge in [-0.2, -0.15) is 17.0 Å². The maximum absolute atomic E-state index is 13.0.